The molecule has 0 radical (unpaired) electrons. The number of amides is 2. The lowest BCUT2D eigenvalue weighted by atomic mass is 10.2. The standard InChI is InChI=1S/C12H16ClN3O2/c1-3-6-14-11(17)8(2)16-12(18)9-4-5-10(13)15-7-9/h4-5,7-8H,3,6H2,1-2H3,(H,14,17)(H,16,18)/t8-/m1/s1. The summed E-state index contributed by atoms with van der Waals surface area (Å²) in [5.41, 5.74) is 0.370. The van der Waals surface area contributed by atoms with Gasteiger partial charge in [-0.05, 0) is 25.5 Å². The molecular formula is C12H16ClN3O2. The first kappa shape index (κ1) is 14.4. The van der Waals surface area contributed by atoms with Crippen molar-refractivity contribution in [2.45, 2.75) is 26.3 Å². The first-order valence-corrected chi connectivity index (χ1v) is 6.12. The van der Waals surface area contributed by atoms with E-state index in [0.29, 0.717) is 17.3 Å². The number of hydrogen-bond donors (Lipinski definition) is 2. The van der Waals surface area contributed by atoms with E-state index >= 15 is 0 Å². The van der Waals surface area contributed by atoms with Gasteiger partial charge in [0, 0.05) is 12.7 Å². The second-order valence-corrected chi connectivity index (χ2v) is 4.24. The van der Waals surface area contributed by atoms with Gasteiger partial charge in [-0.3, -0.25) is 9.59 Å². The van der Waals surface area contributed by atoms with Crippen molar-refractivity contribution >= 4 is 23.4 Å². The van der Waals surface area contributed by atoms with E-state index in [0.717, 1.165) is 6.42 Å². The van der Waals surface area contributed by atoms with E-state index < -0.39 is 6.04 Å². The maximum Gasteiger partial charge on any atom is 0.253 e. The van der Waals surface area contributed by atoms with Crippen molar-refractivity contribution in [2.75, 3.05) is 6.54 Å². The van der Waals surface area contributed by atoms with Crippen LogP contribution in [0, 0.1) is 0 Å². The zero-order chi connectivity index (χ0) is 13.5. The van der Waals surface area contributed by atoms with Crippen LogP contribution < -0.4 is 10.6 Å². The van der Waals surface area contributed by atoms with Gasteiger partial charge in [0.15, 0.2) is 0 Å². The van der Waals surface area contributed by atoms with Gasteiger partial charge in [0.1, 0.15) is 11.2 Å². The quantitative estimate of drug-likeness (QED) is 0.794. The molecule has 0 spiro atoms. The molecule has 0 saturated heterocycles. The van der Waals surface area contributed by atoms with E-state index in [4.69, 9.17) is 11.6 Å². The average molecular weight is 270 g/mol. The lowest BCUT2D eigenvalue weighted by Crippen LogP contribution is -2.45. The molecule has 0 aliphatic heterocycles. The molecule has 0 aliphatic carbocycles. The maximum atomic E-state index is 11.8. The lowest BCUT2D eigenvalue weighted by molar-refractivity contribution is -0.122. The molecule has 2 amide bonds. The number of carbonyl (C=O) groups excluding carboxylic acids is 2. The van der Waals surface area contributed by atoms with E-state index in [9.17, 15) is 9.59 Å². The van der Waals surface area contributed by atoms with Gasteiger partial charge in [-0.2, -0.15) is 0 Å². The van der Waals surface area contributed by atoms with E-state index in [1.54, 1.807) is 13.0 Å². The minimum Gasteiger partial charge on any atom is -0.354 e. The molecule has 0 aliphatic rings. The number of nitrogens with one attached hydrogen (secondary N) is 2. The highest BCUT2D eigenvalue weighted by molar-refractivity contribution is 6.29. The predicted molar refractivity (Wildman–Crippen MR) is 69.5 cm³/mol. The van der Waals surface area contributed by atoms with Crippen molar-refractivity contribution in [1.29, 1.82) is 0 Å². The third-order valence-electron chi connectivity index (χ3n) is 2.28. The Morgan fingerprint density at radius 2 is 2.17 bits per heavy atom. The molecule has 0 bridgehead atoms. The third-order valence-corrected chi connectivity index (χ3v) is 2.50. The summed E-state index contributed by atoms with van der Waals surface area (Å²) in [7, 11) is 0. The van der Waals surface area contributed by atoms with Gasteiger partial charge in [-0.15, -0.1) is 0 Å². The SMILES string of the molecule is CCCNC(=O)[C@@H](C)NC(=O)c1ccc(Cl)nc1. The summed E-state index contributed by atoms with van der Waals surface area (Å²) in [6.07, 6.45) is 2.22. The molecular weight excluding hydrogens is 254 g/mol. The van der Waals surface area contributed by atoms with E-state index in [-0.39, 0.29) is 11.8 Å². The van der Waals surface area contributed by atoms with Crippen molar-refractivity contribution < 1.29 is 9.59 Å². The fraction of sp³-hybridized carbons (Fsp3) is 0.417. The molecule has 18 heavy (non-hydrogen) atoms. The van der Waals surface area contributed by atoms with Crippen molar-refractivity contribution in [1.82, 2.24) is 15.6 Å². The van der Waals surface area contributed by atoms with Gasteiger partial charge in [-0.1, -0.05) is 18.5 Å². The summed E-state index contributed by atoms with van der Waals surface area (Å²) >= 11 is 5.62. The minimum absolute atomic E-state index is 0.202. The minimum atomic E-state index is -0.584. The summed E-state index contributed by atoms with van der Waals surface area (Å²) in [5, 5.41) is 5.62. The smallest absolute Gasteiger partial charge is 0.253 e. The van der Waals surface area contributed by atoms with Crippen LogP contribution in [0.5, 0.6) is 0 Å². The van der Waals surface area contributed by atoms with Crippen LogP contribution in [0.1, 0.15) is 30.6 Å². The first-order chi connectivity index (χ1) is 8.54. The van der Waals surface area contributed by atoms with Crippen molar-refractivity contribution in [3.63, 3.8) is 0 Å². The Balaban J connectivity index is 2.53. The Hall–Kier alpha value is -1.62. The number of halogens is 1. The molecule has 0 saturated carbocycles. The summed E-state index contributed by atoms with van der Waals surface area (Å²) in [6, 6.07) is 2.50. The number of rotatable bonds is 5. The molecule has 5 nitrogen and oxygen atoms in total. The second-order valence-electron chi connectivity index (χ2n) is 3.86. The maximum absolute atomic E-state index is 11.8. The molecule has 1 heterocycles. The number of pyridine rings is 1. The normalized spacial score (nSPS) is 11.7. The largest absolute Gasteiger partial charge is 0.354 e. The Kier molecular flexibility index (Phi) is 5.58. The van der Waals surface area contributed by atoms with Gasteiger partial charge in [0.25, 0.3) is 5.91 Å². The molecule has 0 aromatic carbocycles. The molecule has 0 unspecified atom stereocenters. The first-order valence-electron chi connectivity index (χ1n) is 5.74. The average Bonchev–Trinajstić information content (AvgIpc) is 2.36. The topological polar surface area (TPSA) is 71.1 Å². The Morgan fingerprint density at radius 1 is 1.44 bits per heavy atom. The summed E-state index contributed by atoms with van der Waals surface area (Å²) in [6.45, 7) is 4.19. The highest BCUT2D eigenvalue weighted by Crippen LogP contribution is 2.05. The molecule has 1 aromatic heterocycles. The molecule has 1 aromatic rings. The number of carbonyl (C=O) groups is 2. The van der Waals surface area contributed by atoms with Gasteiger partial charge in [0.05, 0.1) is 5.56 Å². The summed E-state index contributed by atoms with van der Waals surface area (Å²) < 4.78 is 0. The highest BCUT2D eigenvalue weighted by Gasteiger charge is 2.15. The zero-order valence-corrected chi connectivity index (χ0v) is 11.1. The zero-order valence-electron chi connectivity index (χ0n) is 10.4. The van der Waals surface area contributed by atoms with E-state index in [2.05, 4.69) is 15.6 Å². The summed E-state index contributed by atoms with van der Waals surface area (Å²) in [5.74, 6) is -0.551. The van der Waals surface area contributed by atoms with Gasteiger partial charge in [0.2, 0.25) is 5.91 Å². The monoisotopic (exact) mass is 269 g/mol. The molecule has 2 N–H and O–H groups in total. The van der Waals surface area contributed by atoms with Gasteiger partial charge >= 0.3 is 0 Å². The van der Waals surface area contributed by atoms with Crippen LogP contribution >= 0.6 is 11.6 Å². The lowest BCUT2D eigenvalue weighted by Gasteiger charge is -2.13. The number of nitrogens with zero attached hydrogens (tertiary/aromatic N) is 1. The number of aromatic nitrogens is 1. The third kappa shape index (κ3) is 4.33. The molecule has 1 rings (SSSR count). The second kappa shape index (κ2) is 6.96. The Labute approximate surface area is 111 Å². The van der Waals surface area contributed by atoms with Crippen LogP contribution in [-0.4, -0.2) is 29.4 Å². The molecule has 0 fully saturated rings. The Bertz CT molecular complexity index is 420. The van der Waals surface area contributed by atoms with Crippen molar-refractivity contribution in [3.05, 3.63) is 29.0 Å². The molecule has 1 atom stereocenters. The van der Waals surface area contributed by atoms with Crippen LogP contribution in [0.3, 0.4) is 0 Å². The van der Waals surface area contributed by atoms with Crippen molar-refractivity contribution in [3.8, 4) is 0 Å². The molecule has 6 heteroatoms. The number of hydrogen-bond acceptors (Lipinski definition) is 3. The highest BCUT2D eigenvalue weighted by atomic mass is 35.5. The Morgan fingerprint density at radius 3 is 2.72 bits per heavy atom. The van der Waals surface area contributed by atoms with Crippen LogP contribution in [0.25, 0.3) is 0 Å². The van der Waals surface area contributed by atoms with Crippen LogP contribution in [-0.2, 0) is 4.79 Å². The van der Waals surface area contributed by atoms with Gasteiger partial charge < -0.3 is 10.6 Å². The fourth-order valence-electron chi connectivity index (χ4n) is 1.26. The fourth-order valence-corrected chi connectivity index (χ4v) is 1.37. The van der Waals surface area contributed by atoms with E-state index in [1.165, 1.54) is 12.3 Å². The van der Waals surface area contributed by atoms with Crippen LogP contribution in [0.4, 0.5) is 0 Å². The van der Waals surface area contributed by atoms with Crippen molar-refractivity contribution in [2.24, 2.45) is 0 Å². The predicted octanol–water partition coefficient (Wildman–Crippen LogP) is 1.38. The molecule has 98 valence electrons. The van der Waals surface area contributed by atoms with E-state index in [1.807, 2.05) is 6.92 Å². The van der Waals surface area contributed by atoms with Crippen LogP contribution in [0.15, 0.2) is 18.3 Å². The van der Waals surface area contributed by atoms with Crippen LogP contribution in [0.2, 0.25) is 5.15 Å². The summed E-state index contributed by atoms with van der Waals surface area (Å²) in [4.78, 5) is 27.1. The van der Waals surface area contributed by atoms with Gasteiger partial charge in [-0.25, -0.2) is 4.98 Å².